The van der Waals surface area contributed by atoms with E-state index in [-0.39, 0.29) is 11.9 Å². The highest BCUT2D eigenvalue weighted by Crippen LogP contribution is 2.17. The van der Waals surface area contributed by atoms with E-state index in [4.69, 9.17) is 0 Å². The van der Waals surface area contributed by atoms with Gasteiger partial charge < -0.3 is 10.6 Å². The molecule has 1 unspecified atom stereocenters. The van der Waals surface area contributed by atoms with Crippen LogP contribution in [0.15, 0.2) is 0 Å². The number of carbonyl (C=O) groups is 1. The molecule has 1 amide bonds. The molecule has 3 nitrogen and oxygen atoms in total. The van der Waals surface area contributed by atoms with Gasteiger partial charge in [0.15, 0.2) is 0 Å². The van der Waals surface area contributed by atoms with E-state index in [1.807, 2.05) is 6.92 Å². The minimum absolute atomic E-state index is 0.0474. The number of carbonyl (C=O) groups excluding carboxylic acids is 1. The van der Waals surface area contributed by atoms with Gasteiger partial charge in [0, 0.05) is 6.04 Å². The molecule has 0 aliphatic heterocycles. The molecular weight excluding hydrogens is 212 g/mol. The van der Waals surface area contributed by atoms with Gasteiger partial charge in [-0.25, -0.2) is 0 Å². The molecule has 3 heteroatoms. The lowest BCUT2D eigenvalue weighted by Gasteiger charge is -2.24. The van der Waals surface area contributed by atoms with E-state index in [0.29, 0.717) is 6.04 Å². The summed E-state index contributed by atoms with van der Waals surface area (Å²) in [5, 5.41) is 6.45. The Kier molecular flexibility index (Phi) is 7.25. The first-order valence-corrected chi connectivity index (χ1v) is 7.27. The van der Waals surface area contributed by atoms with Crippen molar-refractivity contribution in [2.24, 2.45) is 0 Å². The third-order valence-corrected chi connectivity index (χ3v) is 3.58. The van der Waals surface area contributed by atoms with E-state index in [0.717, 1.165) is 25.8 Å². The van der Waals surface area contributed by atoms with Crippen molar-refractivity contribution in [3.8, 4) is 0 Å². The van der Waals surface area contributed by atoms with Crippen LogP contribution in [0.25, 0.3) is 0 Å². The molecule has 0 radical (unpaired) electrons. The maximum Gasteiger partial charge on any atom is 0.237 e. The van der Waals surface area contributed by atoms with Crippen LogP contribution < -0.4 is 10.6 Å². The molecule has 1 aliphatic carbocycles. The summed E-state index contributed by atoms with van der Waals surface area (Å²) >= 11 is 0. The predicted molar refractivity (Wildman–Crippen MR) is 72.0 cm³/mol. The zero-order chi connectivity index (χ0) is 12.5. The molecule has 0 saturated heterocycles. The number of nitrogens with one attached hydrogen (secondary N) is 2. The summed E-state index contributed by atoms with van der Waals surface area (Å²) in [5.41, 5.74) is 0. The molecule has 1 rings (SSSR count). The van der Waals surface area contributed by atoms with Gasteiger partial charge in [-0.3, -0.25) is 4.79 Å². The van der Waals surface area contributed by atoms with Crippen molar-refractivity contribution >= 4 is 5.91 Å². The maximum atomic E-state index is 11.9. The summed E-state index contributed by atoms with van der Waals surface area (Å²) in [7, 11) is 0. The molecule has 0 aromatic carbocycles. The van der Waals surface area contributed by atoms with Crippen LogP contribution >= 0.6 is 0 Å². The molecule has 0 heterocycles. The highest BCUT2D eigenvalue weighted by atomic mass is 16.2. The summed E-state index contributed by atoms with van der Waals surface area (Å²) in [5.74, 6) is 0.174. The number of amides is 1. The predicted octanol–water partition coefficient (Wildman–Crippen LogP) is 2.60. The van der Waals surface area contributed by atoms with Crippen molar-refractivity contribution in [1.82, 2.24) is 10.6 Å². The topological polar surface area (TPSA) is 41.1 Å². The molecule has 0 bridgehead atoms. The van der Waals surface area contributed by atoms with Crippen molar-refractivity contribution in [2.75, 3.05) is 6.54 Å². The molecule has 0 spiro atoms. The molecule has 0 aromatic rings. The molecule has 1 atom stereocenters. The van der Waals surface area contributed by atoms with Gasteiger partial charge in [-0.2, -0.15) is 0 Å². The maximum absolute atomic E-state index is 11.9. The quantitative estimate of drug-likeness (QED) is 0.672. The third-order valence-electron chi connectivity index (χ3n) is 3.58. The van der Waals surface area contributed by atoms with Crippen molar-refractivity contribution in [3.05, 3.63) is 0 Å². The Morgan fingerprint density at radius 3 is 2.59 bits per heavy atom. The van der Waals surface area contributed by atoms with E-state index < -0.39 is 0 Å². The molecule has 1 saturated carbocycles. The Hall–Kier alpha value is -0.570. The van der Waals surface area contributed by atoms with Crippen LogP contribution in [0.2, 0.25) is 0 Å². The number of unbranched alkanes of at least 4 members (excludes halogenated alkanes) is 2. The van der Waals surface area contributed by atoms with Gasteiger partial charge in [0.1, 0.15) is 0 Å². The average Bonchev–Trinajstić information content (AvgIpc) is 2.35. The van der Waals surface area contributed by atoms with Gasteiger partial charge in [0.2, 0.25) is 5.91 Å². The number of hydrogen-bond acceptors (Lipinski definition) is 2. The van der Waals surface area contributed by atoms with E-state index in [1.54, 1.807) is 0 Å². The normalized spacial score (nSPS) is 18.9. The highest BCUT2D eigenvalue weighted by molar-refractivity contribution is 5.81. The second-order valence-corrected chi connectivity index (χ2v) is 5.23. The van der Waals surface area contributed by atoms with Gasteiger partial charge in [-0.05, 0) is 32.7 Å². The van der Waals surface area contributed by atoms with E-state index in [2.05, 4.69) is 17.6 Å². The van der Waals surface area contributed by atoms with Crippen LogP contribution in [0.4, 0.5) is 0 Å². The lowest BCUT2D eigenvalue weighted by molar-refractivity contribution is -0.123. The Bertz CT molecular complexity index is 212. The lowest BCUT2D eigenvalue weighted by Crippen LogP contribution is -2.47. The van der Waals surface area contributed by atoms with Crippen molar-refractivity contribution in [3.63, 3.8) is 0 Å². The first-order chi connectivity index (χ1) is 8.24. The van der Waals surface area contributed by atoms with Crippen LogP contribution in [0.5, 0.6) is 0 Å². The average molecular weight is 240 g/mol. The van der Waals surface area contributed by atoms with Gasteiger partial charge in [0.25, 0.3) is 0 Å². The second-order valence-electron chi connectivity index (χ2n) is 5.23. The van der Waals surface area contributed by atoms with E-state index >= 15 is 0 Å². The van der Waals surface area contributed by atoms with Gasteiger partial charge >= 0.3 is 0 Å². The SMILES string of the molecule is CCCCCNC(C)C(=O)NC1CCCCC1. The molecule has 100 valence electrons. The fourth-order valence-corrected chi connectivity index (χ4v) is 2.36. The van der Waals surface area contributed by atoms with Gasteiger partial charge in [-0.15, -0.1) is 0 Å². The van der Waals surface area contributed by atoms with E-state index in [9.17, 15) is 4.79 Å². The fourth-order valence-electron chi connectivity index (χ4n) is 2.36. The van der Waals surface area contributed by atoms with Crippen LogP contribution in [0, 0.1) is 0 Å². The molecular formula is C14H28N2O. The Labute approximate surface area is 106 Å². The summed E-state index contributed by atoms with van der Waals surface area (Å²) < 4.78 is 0. The van der Waals surface area contributed by atoms with Crippen molar-refractivity contribution in [2.45, 2.75) is 77.3 Å². The first kappa shape index (κ1) is 14.5. The number of hydrogen-bond donors (Lipinski definition) is 2. The lowest BCUT2D eigenvalue weighted by atomic mass is 9.95. The minimum Gasteiger partial charge on any atom is -0.352 e. The van der Waals surface area contributed by atoms with E-state index in [1.165, 1.54) is 32.1 Å². The third kappa shape index (κ3) is 6.06. The molecule has 1 fully saturated rings. The zero-order valence-corrected chi connectivity index (χ0v) is 11.4. The highest BCUT2D eigenvalue weighted by Gasteiger charge is 2.18. The summed E-state index contributed by atoms with van der Waals surface area (Å²) in [6.07, 6.45) is 9.82. The van der Waals surface area contributed by atoms with Crippen LogP contribution in [0.3, 0.4) is 0 Å². The largest absolute Gasteiger partial charge is 0.352 e. The summed E-state index contributed by atoms with van der Waals surface area (Å²) in [4.78, 5) is 11.9. The molecule has 2 N–H and O–H groups in total. The van der Waals surface area contributed by atoms with Crippen LogP contribution in [0.1, 0.15) is 65.2 Å². The standard InChI is InChI=1S/C14H28N2O/c1-3-4-8-11-15-12(2)14(17)16-13-9-6-5-7-10-13/h12-13,15H,3-11H2,1-2H3,(H,16,17). The Balaban J connectivity index is 2.12. The number of rotatable bonds is 7. The van der Waals surface area contributed by atoms with Crippen molar-refractivity contribution in [1.29, 1.82) is 0 Å². The molecule has 1 aliphatic rings. The minimum atomic E-state index is -0.0474. The smallest absolute Gasteiger partial charge is 0.237 e. The van der Waals surface area contributed by atoms with Crippen LogP contribution in [-0.2, 0) is 4.79 Å². The van der Waals surface area contributed by atoms with Crippen molar-refractivity contribution < 1.29 is 4.79 Å². The van der Waals surface area contributed by atoms with Crippen LogP contribution in [-0.4, -0.2) is 24.5 Å². The Morgan fingerprint density at radius 1 is 1.24 bits per heavy atom. The summed E-state index contributed by atoms with van der Waals surface area (Å²) in [6, 6.07) is 0.380. The summed E-state index contributed by atoms with van der Waals surface area (Å²) in [6.45, 7) is 5.11. The zero-order valence-electron chi connectivity index (χ0n) is 11.4. The van der Waals surface area contributed by atoms with Gasteiger partial charge in [-0.1, -0.05) is 39.0 Å². The molecule has 17 heavy (non-hydrogen) atoms. The first-order valence-electron chi connectivity index (χ1n) is 7.27. The Morgan fingerprint density at radius 2 is 1.94 bits per heavy atom. The second kappa shape index (κ2) is 8.51. The monoisotopic (exact) mass is 240 g/mol. The van der Waals surface area contributed by atoms with Gasteiger partial charge in [0.05, 0.1) is 6.04 Å². The fraction of sp³-hybridized carbons (Fsp3) is 0.929. The molecule has 0 aromatic heterocycles.